The zero-order valence-electron chi connectivity index (χ0n) is 11.9. The van der Waals surface area contributed by atoms with Gasteiger partial charge < -0.3 is 0 Å². The van der Waals surface area contributed by atoms with E-state index in [0.29, 0.717) is 11.3 Å². The van der Waals surface area contributed by atoms with Crippen molar-refractivity contribution in [2.24, 2.45) is 0 Å². The first kappa shape index (κ1) is 16.0. The topological polar surface area (TPSA) is 34.1 Å². The lowest BCUT2D eigenvalue weighted by Crippen LogP contribution is -2.33. The molecule has 1 aromatic rings. The molecule has 0 aliphatic carbocycles. The molecule has 0 spiro atoms. The van der Waals surface area contributed by atoms with E-state index in [4.69, 9.17) is 0 Å². The second-order valence-electron chi connectivity index (χ2n) is 5.14. The predicted molar refractivity (Wildman–Crippen MR) is 81.0 cm³/mol. The third-order valence-electron chi connectivity index (χ3n) is 3.63. The minimum Gasteiger partial charge on any atom is -0.223 e. The van der Waals surface area contributed by atoms with Crippen molar-refractivity contribution in [3.05, 3.63) is 43.0 Å². The van der Waals surface area contributed by atoms with E-state index < -0.39 is 14.6 Å². The molecule has 0 saturated heterocycles. The van der Waals surface area contributed by atoms with Crippen LogP contribution in [-0.2, 0) is 9.84 Å². The molecule has 1 unspecified atom stereocenters. The fraction of sp³-hybridized carbons (Fsp3) is 0.500. The van der Waals surface area contributed by atoms with Crippen LogP contribution in [0.5, 0.6) is 0 Å². The van der Waals surface area contributed by atoms with Crippen molar-refractivity contribution in [1.82, 2.24) is 0 Å². The van der Waals surface area contributed by atoms with Crippen LogP contribution < -0.4 is 0 Å². The molecule has 3 heteroatoms. The van der Waals surface area contributed by atoms with Crippen LogP contribution in [0.1, 0.15) is 46.0 Å². The van der Waals surface area contributed by atoms with Crippen LogP contribution in [0, 0.1) is 0 Å². The highest BCUT2D eigenvalue weighted by Gasteiger charge is 2.36. The molecule has 0 aromatic heterocycles. The Hall–Kier alpha value is -1.09. The van der Waals surface area contributed by atoms with Crippen molar-refractivity contribution in [3.8, 4) is 0 Å². The molecule has 0 bridgehead atoms. The van der Waals surface area contributed by atoms with E-state index in [9.17, 15) is 8.42 Å². The van der Waals surface area contributed by atoms with E-state index >= 15 is 0 Å². The second-order valence-corrected chi connectivity index (χ2v) is 7.55. The van der Waals surface area contributed by atoms with Gasteiger partial charge in [-0.3, -0.25) is 0 Å². The Kier molecular flexibility index (Phi) is 5.80. The molecule has 0 amide bonds. The molecule has 2 nitrogen and oxygen atoms in total. The van der Waals surface area contributed by atoms with Crippen LogP contribution in [0.15, 0.2) is 47.9 Å². The monoisotopic (exact) mass is 280 g/mol. The molecule has 1 atom stereocenters. The molecule has 0 fully saturated rings. The molecule has 19 heavy (non-hydrogen) atoms. The van der Waals surface area contributed by atoms with E-state index in [2.05, 4.69) is 13.5 Å². The van der Waals surface area contributed by atoms with Gasteiger partial charge in [-0.05, 0) is 25.5 Å². The fourth-order valence-corrected chi connectivity index (χ4v) is 3.80. The van der Waals surface area contributed by atoms with Crippen LogP contribution in [0.4, 0.5) is 0 Å². The van der Waals surface area contributed by atoms with E-state index in [1.165, 1.54) is 0 Å². The van der Waals surface area contributed by atoms with Gasteiger partial charge in [0.05, 0.1) is 9.64 Å². The first-order valence-electron chi connectivity index (χ1n) is 6.91. The van der Waals surface area contributed by atoms with E-state index in [0.717, 1.165) is 25.7 Å². The smallest absolute Gasteiger partial charge is 0.187 e. The third-order valence-corrected chi connectivity index (χ3v) is 6.12. The number of sulfone groups is 1. The summed E-state index contributed by atoms with van der Waals surface area (Å²) in [7, 11) is -3.36. The highest BCUT2D eigenvalue weighted by atomic mass is 32.2. The molecule has 0 radical (unpaired) electrons. The number of unbranched alkanes of at least 4 members (excludes halogenated alkanes) is 3. The molecule has 0 heterocycles. The van der Waals surface area contributed by atoms with Crippen LogP contribution in [0.3, 0.4) is 0 Å². The average Bonchev–Trinajstić information content (AvgIpc) is 2.44. The molecule has 0 N–H and O–H groups in total. The normalized spacial score (nSPS) is 14.8. The number of hydrogen-bond acceptors (Lipinski definition) is 2. The van der Waals surface area contributed by atoms with Crippen molar-refractivity contribution < 1.29 is 8.42 Å². The lowest BCUT2D eigenvalue weighted by Gasteiger charge is -2.26. The van der Waals surface area contributed by atoms with Gasteiger partial charge in [-0.25, -0.2) is 8.42 Å². The molecule has 106 valence electrons. The van der Waals surface area contributed by atoms with Gasteiger partial charge in [0.25, 0.3) is 0 Å². The number of benzene rings is 1. The average molecular weight is 280 g/mol. The van der Waals surface area contributed by atoms with Crippen molar-refractivity contribution in [3.63, 3.8) is 0 Å². The van der Waals surface area contributed by atoms with E-state index in [-0.39, 0.29) is 0 Å². The summed E-state index contributed by atoms with van der Waals surface area (Å²) < 4.78 is 24.5. The van der Waals surface area contributed by atoms with Gasteiger partial charge in [-0.15, -0.1) is 6.58 Å². The molecule has 0 aliphatic heterocycles. The van der Waals surface area contributed by atoms with Gasteiger partial charge >= 0.3 is 0 Å². The number of rotatable bonds is 8. The van der Waals surface area contributed by atoms with Gasteiger partial charge in [-0.1, -0.05) is 56.9 Å². The van der Waals surface area contributed by atoms with E-state index in [1.54, 1.807) is 37.3 Å². The van der Waals surface area contributed by atoms with Crippen LogP contribution in [0.25, 0.3) is 0 Å². The fourth-order valence-electron chi connectivity index (χ4n) is 2.12. The first-order chi connectivity index (χ1) is 8.98. The lowest BCUT2D eigenvalue weighted by atomic mass is 10.0. The summed E-state index contributed by atoms with van der Waals surface area (Å²) in [4.78, 5) is 0.382. The van der Waals surface area contributed by atoms with Crippen LogP contribution in [-0.4, -0.2) is 13.2 Å². The predicted octanol–water partition coefficient (Wildman–Crippen LogP) is 4.38. The van der Waals surface area contributed by atoms with Crippen molar-refractivity contribution in [2.45, 2.75) is 55.6 Å². The Morgan fingerprint density at radius 2 is 1.79 bits per heavy atom. The number of hydrogen-bond donors (Lipinski definition) is 0. The first-order valence-corrected chi connectivity index (χ1v) is 8.39. The SMILES string of the molecule is C=CC(C)(CCCCCC)S(=O)(=O)c1ccccc1. The molecule has 1 aromatic carbocycles. The Morgan fingerprint density at radius 1 is 1.16 bits per heavy atom. The van der Waals surface area contributed by atoms with Crippen molar-refractivity contribution >= 4 is 9.84 Å². The molecular weight excluding hydrogens is 256 g/mol. The Bertz CT molecular complexity index is 491. The molecule has 0 aliphatic rings. The maximum atomic E-state index is 12.7. The molecule has 1 rings (SSSR count). The minimum absolute atomic E-state index is 0.382. The third kappa shape index (κ3) is 3.69. The summed E-state index contributed by atoms with van der Waals surface area (Å²) in [6, 6.07) is 8.65. The minimum atomic E-state index is -3.36. The van der Waals surface area contributed by atoms with Gasteiger partial charge in [0.2, 0.25) is 0 Å². The molecule has 0 saturated carbocycles. The summed E-state index contributed by atoms with van der Waals surface area (Å²) in [5, 5.41) is 0. The lowest BCUT2D eigenvalue weighted by molar-refractivity contribution is 0.526. The Balaban J connectivity index is 2.91. The Morgan fingerprint density at radius 3 is 2.32 bits per heavy atom. The van der Waals surface area contributed by atoms with E-state index in [1.807, 2.05) is 6.07 Å². The summed E-state index contributed by atoms with van der Waals surface area (Å²) >= 11 is 0. The maximum Gasteiger partial charge on any atom is 0.187 e. The van der Waals surface area contributed by atoms with Gasteiger partial charge in [-0.2, -0.15) is 0 Å². The molecular formula is C16H24O2S. The summed E-state index contributed by atoms with van der Waals surface area (Å²) in [5.41, 5.74) is 0. The van der Waals surface area contributed by atoms with Crippen molar-refractivity contribution in [1.29, 1.82) is 0 Å². The quantitative estimate of drug-likeness (QED) is 0.523. The second kappa shape index (κ2) is 6.90. The summed E-state index contributed by atoms with van der Waals surface area (Å²) in [6.07, 6.45) is 6.51. The maximum absolute atomic E-state index is 12.7. The summed E-state index contributed by atoms with van der Waals surface area (Å²) in [5.74, 6) is 0. The Labute approximate surface area is 117 Å². The van der Waals surface area contributed by atoms with Gasteiger partial charge in [0, 0.05) is 0 Å². The highest BCUT2D eigenvalue weighted by Crippen LogP contribution is 2.31. The van der Waals surface area contributed by atoms with Gasteiger partial charge in [0.15, 0.2) is 9.84 Å². The van der Waals surface area contributed by atoms with Gasteiger partial charge in [0.1, 0.15) is 0 Å². The summed E-state index contributed by atoms with van der Waals surface area (Å²) in [6.45, 7) is 7.66. The largest absolute Gasteiger partial charge is 0.223 e. The van der Waals surface area contributed by atoms with Crippen molar-refractivity contribution in [2.75, 3.05) is 0 Å². The zero-order valence-corrected chi connectivity index (χ0v) is 12.7. The highest BCUT2D eigenvalue weighted by molar-refractivity contribution is 7.93. The van der Waals surface area contributed by atoms with Crippen LogP contribution >= 0.6 is 0 Å². The standard InChI is InChI=1S/C16H24O2S/c1-4-6-7-11-14-16(3,5-2)19(17,18)15-12-9-8-10-13-15/h5,8-10,12-13H,2,4,6-7,11,14H2,1,3H3. The van der Waals surface area contributed by atoms with Crippen LogP contribution in [0.2, 0.25) is 0 Å². The zero-order chi connectivity index (χ0) is 14.4.